The summed E-state index contributed by atoms with van der Waals surface area (Å²) in [5, 5.41) is 4.69. The Bertz CT molecular complexity index is 392. The summed E-state index contributed by atoms with van der Waals surface area (Å²) in [6, 6.07) is 0. The van der Waals surface area contributed by atoms with Crippen LogP contribution in [0.4, 0.5) is 0 Å². The van der Waals surface area contributed by atoms with E-state index in [1.165, 1.54) is 38.5 Å². The molecule has 1 fully saturated rings. The van der Waals surface area contributed by atoms with Crippen LogP contribution in [0.3, 0.4) is 0 Å². The number of hydrogen-bond acceptors (Lipinski definition) is 3. The highest BCUT2D eigenvalue weighted by atomic mass is 32.1. The van der Waals surface area contributed by atoms with Crippen molar-refractivity contribution in [1.82, 2.24) is 14.8 Å². The highest BCUT2D eigenvalue weighted by molar-refractivity contribution is 7.80. The Morgan fingerprint density at radius 1 is 1.11 bits per heavy atom. The van der Waals surface area contributed by atoms with Crippen LogP contribution in [0.2, 0.25) is 0 Å². The highest BCUT2D eigenvalue weighted by Gasteiger charge is 2.31. The zero-order valence-electron chi connectivity index (χ0n) is 12.4. The highest BCUT2D eigenvalue weighted by Crippen LogP contribution is 2.37. The zero-order valence-corrected chi connectivity index (χ0v) is 13.3. The van der Waals surface area contributed by atoms with Gasteiger partial charge in [0.1, 0.15) is 5.82 Å². The molecule has 0 amide bonds. The molecule has 3 nitrogen and oxygen atoms in total. The van der Waals surface area contributed by atoms with E-state index in [0.29, 0.717) is 5.41 Å². The van der Waals surface area contributed by atoms with E-state index in [-0.39, 0.29) is 0 Å². The summed E-state index contributed by atoms with van der Waals surface area (Å²) in [6.07, 6.45) is 9.93. The van der Waals surface area contributed by atoms with Gasteiger partial charge in [0.15, 0.2) is 5.82 Å². The lowest BCUT2D eigenvalue weighted by atomic mass is 9.82. The molecule has 0 atom stereocenters. The van der Waals surface area contributed by atoms with Crippen LogP contribution in [0.15, 0.2) is 0 Å². The van der Waals surface area contributed by atoms with Gasteiger partial charge in [-0.25, -0.2) is 9.67 Å². The summed E-state index contributed by atoms with van der Waals surface area (Å²) in [6.45, 7) is 5.30. The first kappa shape index (κ1) is 14.9. The zero-order chi connectivity index (χ0) is 13.7. The minimum Gasteiger partial charge on any atom is -0.249 e. The molecule has 0 aliphatic heterocycles. The standard InChI is InChI=1S/C15H27N3S/c1-3-13-16-14(4-2)18(17-13)11-15(12-19)9-7-5-6-8-10-15/h19H,3-12H2,1-2H3. The molecule has 0 N–H and O–H groups in total. The van der Waals surface area contributed by atoms with Gasteiger partial charge in [-0.2, -0.15) is 17.7 Å². The van der Waals surface area contributed by atoms with Gasteiger partial charge in [-0.05, 0) is 24.0 Å². The van der Waals surface area contributed by atoms with E-state index in [2.05, 4.69) is 41.2 Å². The molecule has 1 saturated carbocycles. The molecule has 2 rings (SSSR count). The molecule has 1 aliphatic rings. The van der Waals surface area contributed by atoms with E-state index < -0.39 is 0 Å². The van der Waals surface area contributed by atoms with Gasteiger partial charge < -0.3 is 0 Å². The maximum atomic E-state index is 4.69. The molecule has 0 bridgehead atoms. The summed E-state index contributed by atoms with van der Waals surface area (Å²) >= 11 is 4.66. The summed E-state index contributed by atoms with van der Waals surface area (Å²) in [5.74, 6) is 3.10. The number of nitrogens with zero attached hydrogens (tertiary/aromatic N) is 3. The number of aryl methyl sites for hydroxylation is 2. The smallest absolute Gasteiger partial charge is 0.150 e. The summed E-state index contributed by atoms with van der Waals surface area (Å²) in [7, 11) is 0. The van der Waals surface area contributed by atoms with E-state index in [0.717, 1.165) is 36.8 Å². The average Bonchev–Trinajstić information content (AvgIpc) is 2.68. The van der Waals surface area contributed by atoms with Crippen molar-refractivity contribution in [2.75, 3.05) is 5.75 Å². The molecule has 1 aromatic heterocycles. The lowest BCUT2D eigenvalue weighted by Crippen LogP contribution is -2.30. The van der Waals surface area contributed by atoms with Crippen molar-refractivity contribution in [3.8, 4) is 0 Å². The van der Waals surface area contributed by atoms with Gasteiger partial charge in [-0.1, -0.05) is 39.5 Å². The second kappa shape index (κ2) is 6.78. The Kier molecular flexibility index (Phi) is 5.31. The first-order chi connectivity index (χ1) is 9.23. The first-order valence-electron chi connectivity index (χ1n) is 7.76. The third kappa shape index (κ3) is 3.53. The molecular weight excluding hydrogens is 254 g/mol. The largest absolute Gasteiger partial charge is 0.249 e. The topological polar surface area (TPSA) is 30.7 Å². The molecule has 1 aliphatic carbocycles. The molecule has 1 aromatic rings. The minimum absolute atomic E-state index is 0.336. The molecular formula is C15H27N3S. The normalized spacial score (nSPS) is 19.3. The second-order valence-corrected chi connectivity index (χ2v) is 6.20. The fourth-order valence-corrected chi connectivity index (χ4v) is 3.54. The van der Waals surface area contributed by atoms with Crippen molar-refractivity contribution in [1.29, 1.82) is 0 Å². The Balaban J connectivity index is 2.18. The Labute approximate surface area is 122 Å². The molecule has 0 radical (unpaired) electrons. The van der Waals surface area contributed by atoms with Crippen molar-refractivity contribution in [2.45, 2.75) is 71.8 Å². The van der Waals surface area contributed by atoms with Crippen LogP contribution in [0.25, 0.3) is 0 Å². The predicted molar refractivity (Wildman–Crippen MR) is 82.8 cm³/mol. The molecule has 19 heavy (non-hydrogen) atoms. The van der Waals surface area contributed by atoms with Crippen molar-refractivity contribution in [3.63, 3.8) is 0 Å². The molecule has 0 saturated heterocycles. The predicted octanol–water partition coefficient (Wildman–Crippen LogP) is 3.67. The molecule has 4 heteroatoms. The van der Waals surface area contributed by atoms with Crippen LogP contribution in [0, 0.1) is 5.41 Å². The molecule has 0 unspecified atom stereocenters. The van der Waals surface area contributed by atoms with Crippen LogP contribution >= 0.6 is 12.6 Å². The maximum Gasteiger partial charge on any atom is 0.150 e. The molecule has 0 spiro atoms. The molecule has 1 heterocycles. The number of aromatic nitrogens is 3. The van der Waals surface area contributed by atoms with Crippen LogP contribution in [-0.4, -0.2) is 20.5 Å². The minimum atomic E-state index is 0.336. The number of thiol groups is 1. The van der Waals surface area contributed by atoms with Crippen LogP contribution < -0.4 is 0 Å². The maximum absolute atomic E-state index is 4.69. The van der Waals surface area contributed by atoms with Crippen molar-refractivity contribution in [2.24, 2.45) is 5.41 Å². The number of rotatable bonds is 5. The van der Waals surface area contributed by atoms with Gasteiger partial charge in [0.2, 0.25) is 0 Å². The monoisotopic (exact) mass is 281 g/mol. The molecule has 0 aromatic carbocycles. The third-order valence-electron chi connectivity index (χ3n) is 4.41. The van der Waals surface area contributed by atoms with E-state index in [1.807, 2.05) is 0 Å². The summed E-state index contributed by atoms with van der Waals surface area (Å²) in [4.78, 5) is 4.63. The van der Waals surface area contributed by atoms with Crippen LogP contribution in [-0.2, 0) is 19.4 Å². The van der Waals surface area contributed by atoms with E-state index in [1.54, 1.807) is 0 Å². The van der Waals surface area contributed by atoms with Crippen LogP contribution in [0.1, 0.15) is 64.0 Å². The SMILES string of the molecule is CCc1nc(CC)n(CC2(CS)CCCCCC2)n1. The Morgan fingerprint density at radius 2 is 1.79 bits per heavy atom. The van der Waals surface area contributed by atoms with Crippen molar-refractivity contribution in [3.05, 3.63) is 11.6 Å². The number of hydrogen-bond donors (Lipinski definition) is 1. The van der Waals surface area contributed by atoms with Gasteiger partial charge >= 0.3 is 0 Å². The van der Waals surface area contributed by atoms with E-state index in [9.17, 15) is 0 Å². The van der Waals surface area contributed by atoms with Gasteiger partial charge in [0, 0.05) is 19.4 Å². The lowest BCUT2D eigenvalue weighted by Gasteiger charge is -2.31. The Morgan fingerprint density at radius 3 is 2.32 bits per heavy atom. The summed E-state index contributed by atoms with van der Waals surface area (Å²) < 4.78 is 2.17. The lowest BCUT2D eigenvalue weighted by molar-refractivity contribution is 0.227. The second-order valence-electron chi connectivity index (χ2n) is 5.88. The fourth-order valence-electron chi connectivity index (χ4n) is 3.13. The Hall–Kier alpha value is -0.510. The quantitative estimate of drug-likeness (QED) is 0.659. The first-order valence-corrected chi connectivity index (χ1v) is 8.39. The van der Waals surface area contributed by atoms with Gasteiger partial charge in [0.25, 0.3) is 0 Å². The fraction of sp³-hybridized carbons (Fsp3) is 0.867. The van der Waals surface area contributed by atoms with Gasteiger partial charge in [-0.3, -0.25) is 0 Å². The van der Waals surface area contributed by atoms with Gasteiger partial charge in [0.05, 0.1) is 0 Å². The summed E-state index contributed by atoms with van der Waals surface area (Å²) in [5.41, 5.74) is 0.336. The van der Waals surface area contributed by atoms with E-state index >= 15 is 0 Å². The van der Waals surface area contributed by atoms with Crippen LogP contribution in [0.5, 0.6) is 0 Å². The van der Waals surface area contributed by atoms with E-state index in [4.69, 9.17) is 0 Å². The van der Waals surface area contributed by atoms with Gasteiger partial charge in [-0.15, -0.1) is 0 Å². The third-order valence-corrected chi connectivity index (χ3v) is 5.08. The molecule has 108 valence electrons. The average molecular weight is 281 g/mol. The van der Waals surface area contributed by atoms with Crippen molar-refractivity contribution >= 4 is 12.6 Å². The van der Waals surface area contributed by atoms with Crippen molar-refractivity contribution < 1.29 is 0 Å².